The second-order valence-corrected chi connectivity index (χ2v) is 2.57. The number of aldehydes is 1. The van der Waals surface area contributed by atoms with E-state index < -0.39 is 0 Å². The first kappa shape index (κ1) is 8.94. The molecule has 0 heterocycles. The topological polar surface area (TPSA) is 17.1 Å². The minimum Gasteiger partial charge on any atom is -0.299 e. The Morgan fingerprint density at radius 2 is 2.17 bits per heavy atom. The number of hydrogen-bond donors (Lipinski definition) is 0. The fourth-order valence-electron chi connectivity index (χ4n) is 0.780. The SMILES string of the molecule is O=C/C=C/c1ccc(F)cc1Cl. The molecule has 0 atom stereocenters. The lowest BCUT2D eigenvalue weighted by Gasteiger charge is -1.95. The highest BCUT2D eigenvalue weighted by Gasteiger charge is 1.96. The zero-order valence-corrected chi connectivity index (χ0v) is 6.88. The van der Waals surface area contributed by atoms with Crippen molar-refractivity contribution in [2.24, 2.45) is 0 Å². The molecule has 0 N–H and O–H groups in total. The van der Waals surface area contributed by atoms with Gasteiger partial charge in [-0.3, -0.25) is 4.79 Å². The number of carbonyl (C=O) groups excluding carboxylic acids is 1. The van der Waals surface area contributed by atoms with Gasteiger partial charge in [-0.25, -0.2) is 4.39 Å². The summed E-state index contributed by atoms with van der Waals surface area (Å²) < 4.78 is 12.5. The molecular formula is C9H6ClFO. The van der Waals surface area contributed by atoms with Crippen LogP contribution < -0.4 is 0 Å². The molecule has 0 radical (unpaired) electrons. The van der Waals surface area contributed by atoms with Gasteiger partial charge >= 0.3 is 0 Å². The van der Waals surface area contributed by atoms with E-state index in [1.807, 2.05) is 0 Å². The summed E-state index contributed by atoms with van der Waals surface area (Å²) in [6, 6.07) is 4.00. The maximum atomic E-state index is 12.5. The molecule has 0 spiro atoms. The Balaban J connectivity index is 3.01. The molecule has 0 aliphatic carbocycles. The number of carbonyl (C=O) groups is 1. The zero-order chi connectivity index (χ0) is 8.97. The molecular weight excluding hydrogens is 179 g/mol. The van der Waals surface area contributed by atoms with E-state index >= 15 is 0 Å². The van der Waals surface area contributed by atoms with Crippen molar-refractivity contribution < 1.29 is 9.18 Å². The minimum atomic E-state index is -0.386. The maximum Gasteiger partial charge on any atom is 0.142 e. The summed E-state index contributed by atoms with van der Waals surface area (Å²) in [5.74, 6) is -0.386. The van der Waals surface area contributed by atoms with Crippen LogP contribution in [0.3, 0.4) is 0 Å². The third-order valence-electron chi connectivity index (χ3n) is 1.32. The number of allylic oxidation sites excluding steroid dienone is 1. The summed E-state index contributed by atoms with van der Waals surface area (Å²) >= 11 is 5.66. The Bertz CT molecular complexity index is 320. The Kier molecular flexibility index (Phi) is 3.00. The van der Waals surface area contributed by atoms with Gasteiger partial charge in [0.1, 0.15) is 12.1 Å². The molecule has 1 aromatic carbocycles. The summed E-state index contributed by atoms with van der Waals surface area (Å²) in [6.07, 6.45) is 3.47. The second-order valence-electron chi connectivity index (χ2n) is 2.16. The highest BCUT2D eigenvalue weighted by atomic mass is 35.5. The molecule has 12 heavy (non-hydrogen) atoms. The monoisotopic (exact) mass is 184 g/mol. The molecule has 0 amide bonds. The van der Waals surface area contributed by atoms with Crippen molar-refractivity contribution in [3.05, 3.63) is 40.7 Å². The lowest BCUT2D eigenvalue weighted by molar-refractivity contribution is -0.104. The van der Waals surface area contributed by atoms with Crippen LogP contribution in [0.5, 0.6) is 0 Å². The molecule has 0 fully saturated rings. The van der Waals surface area contributed by atoms with E-state index in [9.17, 15) is 9.18 Å². The molecule has 0 aliphatic heterocycles. The quantitative estimate of drug-likeness (QED) is 0.510. The van der Waals surface area contributed by atoms with Crippen LogP contribution in [0.15, 0.2) is 24.3 Å². The van der Waals surface area contributed by atoms with Crippen LogP contribution in [0.25, 0.3) is 6.08 Å². The van der Waals surface area contributed by atoms with Crippen LogP contribution in [-0.4, -0.2) is 6.29 Å². The standard InChI is InChI=1S/C9H6ClFO/c10-9-6-8(11)4-3-7(9)2-1-5-12/h1-6H/b2-1+. The van der Waals surface area contributed by atoms with E-state index in [-0.39, 0.29) is 5.82 Å². The van der Waals surface area contributed by atoms with Crippen molar-refractivity contribution in [2.45, 2.75) is 0 Å². The Labute approximate surface area is 74.5 Å². The van der Waals surface area contributed by atoms with Gasteiger partial charge in [-0.05, 0) is 23.8 Å². The van der Waals surface area contributed by atoms with Crippen molar-refractivity contribution in [2.75, 3.05) is 0 Å². The van der Waals surface area contributed by atoms with Crippen molar-refractivity contribution >= 4 is 24.0 Å². The molecule has 0 saturated carbocycles. The number of halogens is 2. The fourth-order valence-corrected chi connectivity index (χ4v) is 1.01. The molecule has 0 saturated heterocycles. The Morgan fingerprint density at radius 1 is 1.42 bits per heavy atom. The molecule has 1 rings (SSSR count). The van der Waals surface area contributed by atoms with Crippen LogP contribution in [0.2, 0.25) is 5.02 Å². The predicted octanol–water partition coefficient (Wildman–Crippen LogP) is 2.69. The average molecular weight is 185 g/mol. The summed E-state index contributed by atoms with van der Waals surface area (Å²) in [5.41, 5.74) is 0.630. The minimum absolute atomic E-state index is 0.299. The van der Waals surface area contributed by atoms with Crippen LogP contribution >= 0.6 is 11.6 Å². The average Bonchev–Trinajstić information content (AvgIpc) is 2.03. The molecule has 1 aromatic rings. The van der Waals surface area contributed by atoms with Crippen LogP contribution in [0, 0.1) is 5.82 Å². The van der Waals surface area contributed by atoms with Crippen molar-refractivity contribution in [1.29, 1.82) is 0 Å². The first-order chi connectivity index (χ1) is 5.74. The van der Waals surface area contributed by atoms with Crippen molar-refractivity contribution in [3.8, 4) is 0 Å². The van der Waals surface area contributed by atoms with Gasteiger partial charge in [-0.2, -0.15) is 0 Å². The predicted molar refractivity (Wildman–Crippen MR) is 46.5 cm³/mol. The van der Waals surface area contributed by atoms with Gasteiger partial charge in [0.15, 0.2) is 0 Å². The number of benzene rings is 1. The Morgan fingerprint density at radius 3 is 2.75 bits per heavy atom. The molecule has 0 unspecified atom stereocenters. The third-order valence-corrected chi connectivity index (χ3v) is 1.64. The van der Waals surface area contributed by atoms with E-state index in [4.69, 9.17) is 11.6 Å². The summed E-state index contributed by atoms with van der Waals surface area (Å²) in [6.45, 7) is 0. The smallest absolute Gasteiger partial charge is 0.142 e. The molecule has 62 valence electrons. The van der Waals surface area contributed by atoms with Gasteiger partial charge in [0.05, 0.1) is 5.02 Å². The first-order valence-corrected chi connectivity index (χ1v) is 3.69. The lowest BCUT2D eigenvalue weighted by atomic mass is 10.2. The molecule has 0 aliphatic rings. The van der Waals surface area contributed by atoms with Gasteiger partial charge in [0, 0.05) is 0 Å². The number of rotatable bonds is 2. The van der Waals surface area contributed by atoms with Crippen molar-refractivity contribution in [3.63, 3.8) is 0 Å². The van der Waals surface area contributed by atoms with E-state index in [1.54, 1.807) is 0 Å². The lowest BCUT2D eigenvalue weighted by Crippen LogP contribution is -1.78. The first-order valence-electron chi connectivity index (χ1n) is 3.31. The summed E-state index contributed by atoms with van der Waals surface area (Å²) in [4.78, 5) is 9.95. The third kappa shape index (κ3) is 2.17. The zero-order valence-electron chi connectivity index (χ0n) is 6.13. The largest absolute Gasteiger partial charge is 0.299 e. The second kappa shape index (κ2) is 4.02. The molecule has 0 aromatic heterocycles. The molecule has 1 nitrogen and oxygen atoms in total. The van der Waals surface area contributed by atoms with E-state index in [1.165, 1.54) is 30.4 Å². The van der Waals surface area contributed by atoms with Crippen LogP contribution in [-0.2, 0) is 4.79 Å². The van der Waals surface area contributed by atoms with Crippen LogP contribution in [0.1, 0.15) is 5.56 Å². The van der Waals surface area contributed by atoms with E-state index in [0.29, 0.717) is 16.9 Å². The molecule has 3 heteroatoms. The highest BCUT2D eigenvalue weighted by Crippen LogP contribution is 2.18. The van der Waals surface area contributed by atoms with Crippen LogP contribution in [0.4, 0.5) is 4.39 Å². The Hall–Kier alpha value is -1.15. The number of hydrogen-bond acceptors (Lipinski definition) is 1. The van der Waals surface area contributed by atoms with E-state index in [2.05, 4.69) is 0 Å². The fraction of sp³-hybridized carbons (Fsp3) is 0. The van der Waals surface area contributed by atoms with Gasteiger partial charge in [0.2, 0.25) is 0 Å². The molecule has 0 bridgehead atoms. The normalized spacial score (nSPS) is 10.5. The van der Waals surface area contributed by atoms with Gasteiger partial charge in [-0.1, -0.05) is 23.7 Å². The van der Waals surface area contributed by atoms with Crippen molar-refractivity contribution in [1.82, 2.24) is 0 Å². The summed E-state index contributed by atoms with van der Waals surface area (Å²) in [7, 11) is 0. The highest BCUT2D eigenvalue weighted by molar-refractivity contribution is 6.32. The summed E-state index contributed by atoms with van der Waals surface area (Å²) in [5, 5.41) is 0.299. The van der Waals surface area contributed by atoms with E-state index in [0.717, 1.165) is 0 Å². The van der Waals surface area contributed by atoms with Gasteiger partial charge < -0.3 is 0 Å². The maximum absolute atomic E-state index is 12.5. The van der Waals surface area contributed by atoms with Gasteiger partial charge in [0.25, 0.3) is 0 Å². The van der Waals surface area contributed by atoms with Gasteiger partial charge in [-0.15, -0.1) is 0 Å².